The molecule has 2 aliphatic heterocycles. The molecule has 6 aromatic rings. The lowest BCUT2D eigenvalue weighted by Gasteiger charge is -2.27. The van der Waals surface area contributed by atoms with Gasteiger partial charge < -0.3 is 49.5 Å². The zero-order chi connectivity index (χ0) is 58.1. The van der Waals surface area contributed by atoms with Crippen LogP contribution in [-0.2, 0) is 48.1 Å². The lowest BCUT2D eigenvalue weighted by Crippen LogP contribution is -2.54. The average Bonchev–Trinajstić information content (AvgIpc) is 2.75. The molecule has 8 rings (SSSR count). The predicted molar refractivity (Wildman–Crippen MR) is 300 cm³/mol. The number of aliphatic hydroxyl groups is 2. The van der Waals surface area contributed by atoms with Crippen molar-refractivity contribution in [2.45, 2.75) is 102 Å². The van der Waals surface area contributed by atoms with E-state index in [4.69, 9.17) is 18.9 Å². The van der Waals surface area contributed by atoms with Gasteiger partial charge in [0.15, 0.2) is 0 Å². The summed E-state index contributed by atoms with van der Waals surface area (Å²) in [6.45, 7) is 7.49. The van der Waals surface area contributed by atoms with Crippen molar-refractivity contribution >= 4 is 46.9 Å². The van der Waals surface area contributed by atoms with E-state index >= 15 is 0 Å². The van der Waals surface area contributed by atoms with E-state index in [1.165, 1.54) is 12.1 Å². The SMILES string of the molecule is CC(C)c1c(C(=O)Nc2ccccc2)c(-c2cccc(OCCCCc3cn(CCOCCOCCOCCNc4cccc5c4C(=O)N(C4CCC(=O)NC4=O)C5=O)nn3)c2)c(-c2ccc(F)cc2)n1CC[C@@H](O)C[C@@H](O)CC(=O)O. The second-order valence-corrected chi connectivity index (χ2v) is 20.3. The summed E-state index contributed by atoms with van der Waals surface area (Å²) < 4.78 is 41.5. The number of nitrogens with zero attached hydrogens (tertiary/aromatic N) is 5. The standard InChI is InChI=1S/C60H69FN8O13/c1-38(2)55-54(58(76)63-42-11-4-3-5-12-42)52(56(39-17-19-41(61)20-18-39)68(55)25-23-44(70)35-45(71)36-51(73)74)40-10-8-14-46(34-40)82-27-7-6-13-43-37-67(66-65-43)26-29-80-31-33-81-32-30-79-28-24-62-48-16-9-15-47-53(48)60(78)69(59(47)77)49-21-22-50(72)64-57(49)75/h3-5,8-12,14-20,34,37-38,44-45,49,62,70-71H,6-7,13,21-33,35-36H2,1-2H3,(H,63,76)(H,73,74)(H,64,72,75)/t44-,45-,49?/m1/s1. The van der Waals surface area contributed by atoms with Crippen LogP contribution < -0.4 is 20.7 Å². The van der Waals surface area contributed by atoms with E-state index in [9.17, 15) is 48.5 Å². The Morgan fingerprint density at radius 2 is 1.52 bits per heavy atom. The van der Waals surface area contributed by atoms with E-state index in [0.29, 0.717) is 123 Å². The highest BCUT2D eigenvalue weighted by atomic mass is 19.1. The van der Waals surface area contributed by atoms with Gasteiger partial charge >= 0.3 is 5.97 Å². The van der Waals surface area contributed by atoms with E-state index in [1.807, 2.05) is 67.1 Å². The minimum absolute atomic E-state index is 0.0434. The Bertz CT molecular complexity index is 3180. The van der Waals surface area contributed by atoms with Gasteiger partial charge in [0, 0.05) is 48.3 Å². The summed E-state index contributed by atoms with van der Waals surface area (Å²) in [5.41, 5.74) is 5.83. The molecule has 22 heteroatoms. The van der Waals surface area contributed by atoms with E-state index < -0.39 is 60.1 Å². The minimum Gasteiger partial charge on any atom is -0.494 e. The van der Waals surface area contributed by atoms with Crippen molar-refractivity contribution in [3.05, 3.63) is 137 Å². The van der Waals surface area contributed by atoms with Crippen molar-refractivity contribution in [2.75, 3.05) is 63.4 Å². The van der Waals surface area contributed by atoms with Gasteiger partial charge in [-0.05, 0) is 116 Å². The van der Waals surface area contributed by atoms with Gasteiger partial charge in [0.25, 0.3) is 17.7 Å². The number of halogens is 1. The van der Waals surface area contributed by atoms with Gasteiger partial charge in [0.1, 0.15) is 17.6 Å². The van der Waals surface area contributed by atoms with Gasteiger partial charge in [-0.2, -0.15) is 0 Å². The Morgan fingerprint density at radius 3 is 2.26 bits per heavy atom. The summed E-state index contributed by atoms with van der Waals surface area (Å²) in [6, 6.07) is 26.4. The van der Waals surface area contributed by atoms with E-state index in [1.54, 1.807) is 47.1 Å². The number of fused-ring (bicyclic) bond motifs is 1. The second kappa shape index (κ2) is 29.0. The lowest BCUT2D eigenvalue weighted by molar-refractivity contribution is -0.140. The number of hydrogen-bond donors (Lipinski definition) is 6. The number of aliphatic hydroxyl groups excluding tert-OH is 2. The molecule has 0 bridgehead atoms. The Hall–Kier alpha value is -8.15. The number of anilines is 2. The molecule has 6 N–H and O–H groups in total. The van der Waals surface area contributed by atoms with Gasteiger partial charge in [-0.1, -0.05) is 55.5 Å². The van der Waals surface area contributed by atoms with Crippen LogP contribution in [0.4, 0.5) is 15.8 Å². The van der Waals surface area contributed by atoms with Crippen LogP contribution in [0.2, 0.25) is 0 Å². The van der Waals surface area contributed by atoms with Crippen molar-refractivity contribution < 1.29 is 67.4 Å². The highest BCUT2D eigenvalue weighted by Crippen LogP contribution is 2.44. The molecule has 1 fully saturated rings. The number of unbranched alkanes of at least 4 members (excludes halogenated alkanes) is 1. The Morgan fingerprint density at radius 1 is 0.793 bits per heavy atom. The number of aromatic nitrogens is 4. The number of imide groups is 2. The van der Waals surface area contributed by atoms with Gasteiger partial charge in [-0.15, -0.1) is 5.10 Å². The number of carbonyl (C=O) groups excluding carboxylic acids is 5. The molecule has 2 aromatic heterocycles. The van der Waals surface area contributed by atoms with Gasteiger partial charge in [0.05, 0.1) is 99.5 Å². The fourth-order valence-corrected chi connectivity index (χ4v) is 10.1. The number of hydrogen-bond acceptors (Lipinski definition) is 15. The van der Waals surface area contributed by atoms with Crippen molar-refractivity contribution in [3.63, 3.8) is 0 Å². The number of para-hydroxylation sites is 1. The van der Waals surface area contributed by atoms with Gasteiger partial charge in [-0.25, -0.2) is 9.07 Å². The van der Waals surface area contributed by atoms with Gasteiger partial charge in [-0.3, -0.25) is 39.0 Å². The number of carbonyl (C=O) groups is 6. The molecule has 2 aliphatic rings. The molecule has 434 valence electrons. The molecule has 1 unspecified atom stereocenters. The summed E-state index contributed by atoms with van der Waals surface area (Å²) in [5, 5.41) is 47.5. The van der Waals surface area contributed by atoms with Gasteiger partial charge in [0.2, 0.25) is 11.8 Å². The number of aryl methyl sites for hydroxylation is 1. The maximum absolute atomic E-state index is 14.7. The first-order valence-corrected chi connectivity index (χ1v) is 27.6. The molecule has 0 radical (unpaired) electrons. The number of nitrogens with one attached hydrogen (secondary N) is 3. The highest BCUT2D eigenvalue weighted by molar-refractivity contribution is 6.25. The predicted octanol–water partition coefficient (Wildman–Crippen LogP) is 6.87. The van der Waals surface area contributed by atoms with Crippen LogP contribution in [-0.4, -0.2) is 146 Å². The first kappa shape index (κ1) is 60.0. The molecule has 4 heterocycles. The number of piperidine rings is 1. The van der Waals surface area contributed by atoms with E-state index in [0.717, 1.165) is 17.0 Å². The molecule has 21 nitrogen and oxygen atoms in total. The van der Waals surface area contributed by atoms with Crippen molar-refractivity contribution in [2.24, 2.45) is 0 Å². The lowest BCUT2D eigenvalue weighted by atomic mass is 9.94. The summed E-state index contributed by atoms with van der Waals surface area (Å²) in [4.78, 5) is 77.3. The average molecular weight is 1130 g/mol. The monoisotopic (exact) mass is 1130 g/mol. The fourth-order valence-electron chi connectivity index (χ4n) is 10.1. The normalized spacial score (nSPS) is 15.0. The van der Waals surface area contributed by atoms with Crippen LogP contribution in [0.1, 0.15) is 107 Å². The highest BCUT2D eigenvalue weighted by Gasteiger charge is 2.45. The zero-order valence-electron chi connectivity index (χ0n) is 45.9. The van der Waals surface area contributed by atoms with Crippen LogP contribution in [0.25, 0.3) is 22.4 Å². The molecule has 4 aromatic carbocycles. The largest absolute Gasteiger partial charge is 0.494 e. The topological polar surface area (TPSA) is 275 Å². The number of rotatable bonds is 32. The van der Waals surface area contributed by atoms with Crippen molar-refractivity contribution in [1.29, 1.82) is 0 Å². The van der Waals surface area contributed by atoms with Crippen LogP contribution in [0.15, 0.2) is 103 Å². The summed E-state index contributed by atoms with van der Waals surface area (Å²) >= 11 is 0. The Balaban J connectivity index is 0.778. The molecule has 0 spiro atoms. The van der Waals surface area contributed by atoms with Crippen LogP contribution in [0, 0.1) is 5.82 Å². The molecule has 82 heavy (non-hydrogen) atoms. The number of carboxylic acid groups (broad SMARTS) is 1. The van der Waals surface area contributed by atoms with Crippen LogP contribution >= 0.6 is 0 Å². The molecule has 3 atom stereocenters. The smallest absolute Gasteiger partial charge is 0.305 e. The summed E-state index contributed by atoms with van der Waals surface area (Å²) in [7, 11) is 0. The molecular formula is C60H69FN8O13. The van der Waals surface area contributed by atoms with E-state index in [-0.39, 0.29) is 55.2 Å². The maximum Gasteiger partial charge on any atom is 0.305 e. The number of ether oxygens (including phenoxy) is 4. The Labute approximate surface area is 473 Å². The molecule has 0 saturated carbocycles. The number of carboxylic acids is 1. The molecule has 1 saturated heterocycles. The third-order valence-electron chi connectivity index (χ3n) is 13.9. The minimum atomic E-state index is -1.25. The van der Waals surface area contributed by atoms with Crippen molar-refractivity contribution in [3.8, 4) is 28.1 Å². The van der Waals surface area contributed by atoms with Crippen LogP contribution in [0.5, 0.6) is 5.75 Å². The first-order chi connectivity index (χ1) is 39.7. The fraction of sp³-hybridized carbons (Fsp3) is 0.400. The van der Waals surface area contributed by atoms with Crippen LogP contribution in [0.3, 0.4) is 0 Å². The molecular weight excluding hydrogens is 1060 g/mol. The second-order valence-electron chi connectivity index (χ2n) is 20.3. The zero-order valence-corrected chi connectivity index (χ0v) is 45.9. The third kappa shape index (κ3) is 15.6. The summed E-state index contributed by atoms with van der Waals surface area (Å²) in [5.74, 6) is -3.87. The first-order valence-electron chi connectivity index (χ1n) is 27.6. The number of benzene rings is 4. The van der Waals surface area contributed by atoms with E-state index in [2.05, 4.69) is 26.3 Å². The molecule has 0 aliphatic carbocycles. The number of amides is 5. The summed E-state index contributed by atoms with van der Waals surface area (Å²) in [6.07, 6.45) is 1.33. The maximum atomic E-state index is 14.7. The number of aliphatic carboxylic acids is 1. The molecule has 5 amide bonds. The van der Waals surface area contributed by atoms with Crippen molar-refractivity contribution in [1.82, 2.24) is 29.8 Å². The third-order valence-corrected chi connectivity index (χ3v) is 13.9. The Kier molecular flexibility index (Phi) is 21.2. The quantitative estimate of drug-likeness (QED) is 0.0186.